The molecule has 33 heavy (non-hydrogen) atoms. The number of aliphatic hydroxyl groups excluding tert-OH is 1. The van der Waals surface area contributed by atoms with E-state index in [2.05, 4.69) is 0 Å². The van der Waals surface area contributed by atoms with Crippen molar-refractivity contribution in [3.63, 3.8) is 0 Å². The van der Waals surface area contributed by atoms with Crippen molar-refractivity contribution < 1.29 is 31.9 Å². The molecule has 0 aliphatic carbocycles. The van der Waals surface area contributed by atoms with Crippen LogP contribution in [0.2, 0.25) is 0 Å². The summed E-state index contributed by atoms with van der Waals surface area (Å²) in [5.41, 5.74) is -2.80. The molecule has 0 bridgehead atoms. The Morgan fingerprint density at radius 1 is 1.18 bits per heavy atom. The normalized spacial score (nSPS) is 22.8. The molecule has 2 aromatic rings. The van der Waals surface area contributed by atoms with Gasteiger partial charge in [-0.3, -0.25) is 4.79 Å². The number of nitrogens with zero attached hydrogens (tertiary/aromatic N) is 3. The number of aliphatic hydroxyl groups is 1. The Morgan fingerprint density at radius 3 is 2.48 bits per heavy atom. The van der Waals surface area contributed by atoms with Gasteiger partial charge in [0.2, 0.25) is 0 Å². The maximum absolute atomic E-state index is 14.1. The van der Waals surface area contributed by atoms with Crippen molar-refractivity contribution in [2.75, 3.05) is 37.7 Å². The monoisotopic (exact) mass is 465 g/mol. The second kappa shape index (κ2) is 8.30. The molecular weight excluding hydrogens is 445 g/mol. The van der Waals surface area contributed by atoms with Crippen molar-refractivity contribution in [3.05, 3.63) is 64.7 Å². The number of piperidine rings is 1. The van der Waals surface area contributed by atoms with Crippen LogP contribution in [0.3, 0.4) is 0 Å². The molecule has 5 nitrogen and oxygen atoms in total. The van der Waals surface area contributed by atoms with Gasteiger partial charge in [-0.05, 0) is 42.7 Å². The quantitative estimate of drug-likeness (QED) is 0.700. The number of benzene rings is 2. The number of alkyl halides is 3. The molecule has 4 rings (SSSR count). The van der Waals surface area contributed by atoms with Crippen LogP contribution in [0, 0.1) is 34.3 Å². The van der Waals surface area contributed by atoms with Gasteiger partial charge < -0.3 is 14.9 Å². The molecule has 0 spiro atoms. The van der Waals surface area contributed by atoms with Gasteiger partial charge in [0.25, 0.3) is 5.91 Å². The maximum Gasteiger partial charge on any atom is 0.417 e. The minimum atomic E-state index is -4.70. The maximum atomic E-state index is 14.1. The number of likely N-dealkylation sites (tertiary alicyclic amines) is 1. The standard InChI is InChI=1S/C23H20F5N3O2/c24-18-2-1-3-19(25)20(18)21(33)31-10-15-6-7-30(11-22(15,12-31)13-32)16-5-4-14(9-29)17(8-16)23(26,27)28/h1-5,8,15,32H,6-7,10-13H2/t15-,22+/m1/s1. The van der Waals surface area contributed by atoms with Crippen LogP contribution < -0.4 is 4.90 Å². The first-order chi connectivity index (χ1) is 15.6. The first-order valence-corrected chi connectivity index (χ1v) is 10.3. The van der Waals surface area contributed by atoms with E-state index in [-0.39, 0.29) is 37.8 Å². The predicted molar refractivity (Wildman–Crippen MR) is 108 cm³/mol. The number of rotatable bonds is 3. The molecule has 1 amide bonds. The number of nitriles is 1. The van der Waals surface area contributed by atoms with Crippen LogP contribution in [-0.2, 0) is 6.18 Å². The molecule has 2 aromatic carbocycles. The summed E-state index contributed by atoms with van der Waals surface area (Å²) in [4.78, 5) is 15.8. The first-order valence-electron chi connectivity index (χ1n) is 10.3. The van der Waals surface area contributed by atoms with E-state index in [0.717, 1.165) is 30.3 Å². The van der Waals surface area contributed by atoms with E-state index in [1.807, 2.05) is 0 Å². The zero-order valence-electron chi connectivity index (χ0n) is 17.4. The summed E-state index contributed by atoms with van der Waals surface area (Å²) >= 11 is 0. The Labute approximate surface area is 186 Å². The number of amides is 1. The Kier molecular flexibility index (Phi) is 5.78. The fourth-order valence-corrected chi connectivity index (χ4v) is 4.91. The highest BCUT2D eigenvalue weighted by atomic mass is 19.4. The molecule has 0 aromatic heterocycles. The smallest absolute Gasteiger partial charge is 0.396 e. The SMILES string of the molecule is N#Cc1ccc(N2CC[C@@H]3CN(C(=O)c4c(F)cccc4F)C[C@]3(CO)C2)cc1C(F)(F)F. The highest BCUT2D eigenvalue weighted by Gasteiger charge is 2.51. The molecule has 2 heterocycles. The van der Waals surface area contributed by atoms with Crippen molar-refractivity contribution in [2.45, 2.75) is 12.6 Å². The highest BCUT2D eigenvalue weighted by Crippen LogP contribution is 2.44. The summed E-state index contributed by atoms with van der Waals surface area (Å²) in [7, 11) is 0. The Bertz CT molecular complexity index is 1110. The first kappa shape index (κ1) is 23.0. The number of fused-ring (bicyclic) bond motifs is 1. The second-order valence-electron chi connectivity index (χ2n) is 8.55. The average Bonchev–Trinajstić information content (AvgIpc) is 3.17. The van der Waals surface area contributed by atoms with Crippen LogP contribution >= 0.6 is 0 Å². The van der Waals surface area contributed by atoms with E-state index in [1.165, 1.54) is 11.0 Å². The van der Waals surface area contributed by atoms with E-state index in [9.17, 15) is 31.9 Å². The molecule has 174 valence electrons. The number of carbonyl (C=O) groups is 1. The number of hydrogen-bond donors (Lipinski definition) is 1. The van der Waals surface area contributed by atoms with Gasteiger partial charge in [0, 0.05) is 37.3 Å². The van der Waals surface area contributed by atoms with Crippen molar-refractivity contribution in [1.29, 1.82) is 5.26 Å². The van der Waals surface area contributed by atoms with Gasteiger partial charge in [-0.1, -0.05) is 6.07 Å². The van der Waals surface area contributed by atoms with E-state index in [1.54, 1.807) is 11.0 Å². The summed E-state index contributed by atoms with van der Waals surface area (Å²) in [5.74, 6) is -2.96. The average molecular weight is 465 g/mol. The lowest BCUT2D eigenvalue weighted by atomic mass is 9.74. The van der Waals surface area contributed by atoms with E-state index < -0.39 is 45.8 Å². The largest absolute Gasteiger partial charge is 0.417 e. The lowest BCUT2D eigenvalue weighted by Crippen LogP contribution is -2.51. The Morgan fingerprint density at radius 2 is 1.88 bits per heavy atom. The van der Waals surface area contributed by atoms with Gasteiger partial charge in [0.05, 0.1) is 23.8 Å². The van der Waals surface area contributed by atoms with Crippen molar-refractivity contribution in [3.8, 4) is 6.07 Å². The van der Waals surface area contributed by atoms with Crippen LogP contribution in [0.5, 0.6) is 0 Å². The topological polar surface area (TPSA) is 67.6 Å². The minimum Gasteiger partial charge on any atom is -0.396 e. The molecule has 0 radical (unpaired) electrons. The highest BCUT2D eigenvalue weighted by molar-refractivity contribution is 5.95. The summed E-state index contributed by atoms with van der Waals surface area (Å²) in [6.07, 6.45) is -4.24. The van der Waals surface area contributed by atoms with Gasteiger partial charge in [0.1, 0.15) is 17.2 Å². The molecule has 2 aliphatic heterocycles. The third-order valence-corrected chi connectivity index (χ3v) is 6.64. The minimum absolute atomic E-state index is 0.0136. The van der Waals surface area contributed by atoms with Gasteiger partial charge in [-0.25, -0.2) is 8.78 Å². The van der Waals surface area contributed by atoms with Crippen LogP contribution in [-0.4, -0.2) is 48.7 Å². The van der Waals surface area contributed by atoms with E-state index in [4.69, 9.17) is 5.26 Å². The molecule has 2 saturated heterocycles. The fraction of sp³-hybridized carbons (Fsp3) is 0.391. The Hall–Kier alpha value is -3.19. The van der Waals surface area contributed by atoms with Crippen molar-refractivity contribution in [2.24, 2.45) is 11.3 Å². The van der Waals surface area contributed by atoms with Gasteiger partial charge in [-0.2, -0.15) is 18.4 Å². The number of anilines is 1. The van der Waals surface area contributed by atoms with Crippen molar-refractivity contribution >= 4 is 11.6 Å². The summed E-state index contributed by atoms with van der Waals surface area (Å²) in [6.45, 7) is 0.370. The number of halogens is 5. The lowest BCUT2D eigenvalue weighted by Gasteiger charge is -2.44. The van der Waals surface area contributed by atoms with Crippen LogP contribution in [0.1, 0.15) is 27.9 Å². The van der Waals surface area contributed by atoms with Crippen LogP contribution in [0.15, 0.2) is 36.4 Å². The molecule has 2 fully saturated rings. The van der Waals surface area contributed by atoms with Gasteiger partial charge >= 0.3 is 6.18 Å². The number of hydrogen-bond acceptors (Lipinski definition) is 4. The molecule has 1 N–H and O–H groups in total. The molecule has 2 aliphatic rings. The summed E-state index contributed by atoms with van der Waals surface area (Å²) in [6, 6.07) is 8.14. The third kappa shape index (κ3) is 4.02. The van der Waals surface area contributed by atoms with E-state index >= 15 is 0 Å². The molecular formula is C23H20F5N3O2. The van der Waals surface area contributed by atoms with E-state index in [0.29, 0.717) is 13.0 Å². The second-order valence-corrected chi connectivity index (χ2v) is 8.55. The van der Waals surface area contributed by atoms with Crippen LogP contribution in [0.25, 0.3) is 0 Å². The lowest BCUT2D eigenvalue weighted by molar-refractivity contribution is -0.137. The van der Waals surface area contributed by atoms with Gasteiger partial charge in [-0.15, -0.1) is 0 Å². The zero-order chi connectivity index (χ0) is 24.0. The van der Waals surface area contributed by atoms with Gasteiger partial charge in [0.15, 0.2) is 0 Å². The molecule has 2 atom stereocenters. The molecule has 0 unspecified atom stereocenters. The molecule has 0 saturated carbocycles. The third-order valence-electron chi connectivity index (χ3n) is 6.64. The van der Waals surface area contributed by atoms with Crippen molar-refractivity contribution in [1.82, 2.24) is 4.90 Å². The fourth-order valence-electron chi connectivity index (χ4n) is 4.91. The zero-order valence-corrected chi connectivity index (χ0v) is 17.4. The number of carbonyl (C=O) groups excluding carboxylic acids is 1. The summed E-state index contributed by atoms with van der Waals surface area (Å²) < 4.78 is 68.4. The predicted octanol–water partition coefficient (Wildman–Crippen LogP) is 3.82. The molecule has 10 heteroatoms. The summed E-state index contributed by atoms with van der Waals surface area (Å²) in [5, 5.41) is 19.2. The van der Waals surface area contributed by atoms with Crippen LogP contribution in [0.4, 0.5) is 27.6 Å². The Balaban J connectivity index is 1.61.